The number of hydrogen-bond donors (Lipinski definition) is 1. The number of rotatable bonds is 9. The Morgan fingerprint density at radius 3 is 2.50 bits per heavy atom. The van der Waals surface area contributed by atoms with Crippen LogP contribution in [0.4, 0.5) is 0 Å². The third kappa shape index (κ3) is 6.06. The van der Waals surface area contributed by atoms with Crippen LogP contribution in [0.3, 0.4) is 0 Å². The van der Waals surface area contributed by atoms with Gasteiger partial charge >= 0.3 is 0 Å². The molecule has 1 amide bonds. The van der Waals surface area contributed by atoms with Gasteiger partial charge in [-0.1, -0.05) is 12.8 Å². The van der Waals surface area contributed by atoms with Crippen molar-refractivity contribution in [3.05, 3.63) is 21.9 Å². The van der Waals surface area contributed by atoms with Crippen LogP contribution in [0.25, 0.3) is 0 Å². The van der Waals surface area contributed by atoms with Crippen LogP contribution in [0.15, 0.2) is 12.1 Å². The van der Waals surface area contributed by atoms with Gasteiger partial charge in [-0.3, -0.25) is 4.79 Å². The minimum atomic E-state index is 0.258. The molecule has 0 aliphatic rings. The first-order valence-corrected chi connectivity index (χ1v) is 8.41. The predicted octanol–water partition coefficient (Wildman–Crippen LogP) is 3.70. The SMILES string of the molecule is Cc1ccc(CN(C(=O)CCCCCCN)C(C)C)s1. The highest BCUT2D eigenvalue weighted by atomic mass is 32.1. The Labute approximate surface area is 127 Å². The first-order chi connectivity index (χ1) is 9.54. The Hall–Kier alpha value is -0.870. The average molecular weight is 296 g/mol. The van der Waals surface area contributed by atoms with Crippen molar-refractivity contribution in [1.82, 2.24) is 4.90 Å². The van der Waals surface area contributed by atoms with E-state index in [9.17, 15) is 4.79 Å². The molecule has 0 aliphatic carbocycles. The third-order valence-electron chi connectivity index (χ3n) is 3.41. The van der Waals surface area contributed by atoms with Crippen LogP contribution in [-0.2, 0) is 11.3 Å². The zero-order chi connectivity index (χ0) is 15.0. The highest BCUT2D eigenvalue weighted by molar-refractivity contribution is 7.11. The maximum atomic E-state index is 12.3. The fourth-order valence-corrected chi connectivity index (χ4v) is 3.10. The molecule has 4 heteroatoms. The summed E-state index contributed by atoms with van der Waals surface area (Å²) in [4.78, 5) is 16.9. The van der Waals surface area contributed by atoms with Gasteiger partial charge in [-0.2, -0.15) is 0 Å². The fourth-order valence-electron chi connectivity index (χ4n) is 2.21. The molecule has 1 aromatic heterocycles. The molecule has 0 unspecified atom stereocenters. The number of nitrogens with zero attached hydrogens (tertiary/aromatic N) is 1. The van der Waals surface area contributed by atoms with Crippen LogP contribution in [0.1, 0.15) is 55.7 Å². The van der Waals surface area contributed by atoms with Crippen molar-refractivity contribution >= 4 is 17.2 Å². The number of aryl methyl sites for hydroxylation is 1. The van der Waals surface area contributed by atoms with E-state index in [1.807, 2.05) is 4.90 Å². The molecule has 0 aromatic carbocycles. The molecule has 0 aliphatic heterocycles. The molecular weight excluding hydrogens is 268 g/mol. The average Bonchev–Trinajstić information content (AvgIpc) is 2.80. The standard InChI is InChI=1S/C16H28N2OS/c1-13(2)18(12-15-10-9-14(3)20-15)16(19)8-6-4-5-7-11-17/h9-10,13H,4-8,11-12,17H2,1-3H3. The molecule has 3 nitrogen and oxygen atoms in total. The monoisotopic (exact) mass is 296 g/mol. The highest BCUT2D eigenvalue weighted by Crippen LogP contribution is 2.19. The van der Waals surface area contributed by atoms with Gasteiger partial charge in [-0.25, -0.2) is 0 Å². The minimum absolute atomic E-state index is 0.258. The Morgan fingerprint density at radius 1 is 1.25 bits per heavy atom. The van der Waals surface area contributed by atoms with Crippen LogP contribution in [0.5, 0.6) is 0 Å². The van der Waals surface area contributed by atoms with Crippen LogP contribution in [-0.4, -0.2) is 23.4 Å². The third-order valence-corrected chi connectivity index (χ3v) is 4.40. The number of nitrogens with two attached hydrogens (primary N) is 1. The molecule has 0 fully saturated rings. The first kappa shape index (κ1) is 17.2. The maximum Gasteiger partial charge on any atom is 0.223 e. The second kappa shape index (κ2) is 9.14. The van der Waals surface area contributed by atoms with E-state index in [0.29, 0.717) is 6.42 Å². The Balaban J connectivity index is 2.42. The van der Waals surface area contributed by atoms with E-state index in [1.165, 1.54) is 9.75 Å². The summed E-state index contributed by atoms with van der Waals surface area (Å²) in [5.41, 5.74) is 5.47. The molecule has 0 atom stereocenters. The Bertz CT molecular complexity index is 401. The Morgan fingerprint density at radius 2 is 1.95 bits per heavy atom. The molecule has 0 spiro atoms. The topological polar surface area (TPSA) is 46.3 Å². The summed E-state index contributed by atoms with van der Waals surface area (Å²) in [5.74, 6) is 0.277. The van der Waals surface area contributed by atoms with Gasteiger partial charge in [0.15, 0.2) is 0 Å². The summed E-state index contributed by atoms with van der Waals surface area (Å²) in [7, 11) is 0. The van der Waals surface area contributed by atoms with Gasteiger partial charge in [-0.15, -0.1) is 11.3 Å². The number of amides is 1. The summed E-state index contributed by atoms with van der Waals surface area (Å²) in [6.45, 7) is 7.79. The second-order valence-corrected chi connectivity index (χ2v) is 6.95. The van der Waals surface area contributed by atoms with Gasteiger partial charge in [0, 0.05) is 22.2 Å². The first-order valence-electron chi connectivity index (χ1n) is 7.59. The van der Waals surface area contributed by atoms with Gasteiger partial charge in [0.05, 0.1) is 6.54 Å². The van der Waals surface area contributed by atoms with E-state index in [2.05, 4.69) is 32.9 Å². The van der Waals surface area contributed by atoms with Crippen LogP contribution in [0, 0.1) is 6.92 Å². The number of carbonyl (C=O) groups is 1. The summed E-state index contributed by atoms with van der Waals surface area (Å²) in [6.07, 6.45) is 4.94. The van der Waals surface area contributed by atoms with Crippen molar-refractivity contribution in [2.75, 3.05) is 6.54 Å². The highest BCUT2D eigenvalue weighted by Gasteiger charge is 2.17. The van der Waals surface area contributed by atoms with E-state index in [0.717, 1.165) is 38.8 Å². The number of hydrogen-bond acceptors (Lipinski definition) is 3. The molecule has 1 rings (SSSR count). The van der Waals surface area contributed by atoms with Gasteiger partial charge in [0.2, 0.25) is 5.91 Å². The fraction of sp³-hybridized carbons (Fsp3) is 0.688. The van der Waals surface area contributed by atoms with Gasteiger partial charge in [0.1, 0.15) is 0 Å². The minimum Gasteiger partial charge on any atom is -0.335 e. The smallest absolute Gasteiger partial charge is 0.223 e. The van der Waals surface area contributed by atoms with Crippen LogP contribution in [0.2, 0.25) is 0 Å². The molecule has 1 heterocycles. The quantitative estimate of drug-likeness (QED) is 0.706. The normalized spacial score (nSPS) is 11.1. The lowest BCUT2D eigenvalue weighted by Crippen LogP contribution is -2.35. The molecule has 114 valence electrons. The van der Waals surface area contributed by atoms with Crippen molar-refractivity contribution in [3.63, 3.8) is 0 Å². The van der Waals surface area contributed by atoms with Crippen molar-refractivity contribution in [1.29, 1.82) is 0 Å². The van der Waals surface area contributed by atoms with Gasteiger partial charge < -0.3 is 10.6 Å². The van der Waals surface area contributed by atoms with E-state index < -0.39 is 0 Å². The molecule has 0 saturated heterocycles. The zero-order valence-corrected chi connectivity index (χ0v) is 13.8. The van der Waals surface area contributed by atoms with Crippen LogP contribution < -0.4 is 5.73 Å². The van der Waals surface area contributed by atoms with E-state index in [-0.39, 0.29) is 11.9 Å². The second-order valence-electron chi connectivity index (χ2n) is 5.58. The Kier molecular flexibility index (Phi) is 7.85. The molecule has 2 N–H and O–H groups in total. The number of unbranched alkanes of at least 4 members (excludes halogenated alkanes) is 3. The van der Waals surface area contributed by atoms with Crippen molar-refractivity contribution < 1.29 is 4.79 Å². The molecule has 0 radical (unpaired) electrons. The lowest BCUT2D eigenvalue weighted by molar-refractivity contribution is -0.133. The molecular formula is C16H28N2OS. The van der Waals surface area contributed by atoms with Crippen LogP contribution >= 0.6 is 11.3 Å². The summed E-state index contributed by atoms with van der Waals surface area (Å²) in [5, 5.41) is 0. The summed E-state index contributed by atoms with van der Waals surface area (Å²) in [6, 6.07) is 4.51. The van der Waals surface area contributed by atoms with E-state index >= 15 is 0 Å². The zero-order valence-electron chi connectivity index (χ0n) is 13.0. The summed E-state index contributed by atoms with van der Waals surface area (Å²) >= 11 is 1.78. The van der Waals surface area contributed by atoms with Gasteiger partial charge in [0.25, 0.3) is 0 Å². The van der Waals surface area contributed by atoms with E-state index in [4.69, 9.17) is 5.73 Å². The number of thiophene rings is 1. The summed E-state index contributed by atoms with van der Waals surface area (Å²) < 4.78 is 0. The molecule has 1 aromatic rings. The maximum absolute atomic E-state index is 12.3. The van der Waals surface area contributed by atoms with E-state index in [1.54, 1.807) is 11.3 Å². The van der Waals surface area contributed by atoms with Crippen molar-refractivity contribution in [3.8, 4) is 0 Å². The lowest BCUT2D eigenvalue weighted by Gasteiger charge is -2.26. The predicted molar refractivity (Wildman–Crippen MR) is 86.9 cm³/mol. The van der Waals surface area contributed by atoms with Crippen molar-refractivity contribution in [2.24, 2.45) is 5.73 Å². The van der Waals surface area contributed by atoms with Crippen molar-refractivity contribution in [2.45, 2.75) is 65.5 Å². The number of carbonyl (C=O) groups excluding carboxylic acids is 1. The lowest BCUT2D eigenvalue weighted by atomic mass is 10.1. The molecule has 0 saturated carbocycles. The van der Waals surface area contributed by atoms with Gasteiger partial charge in [-0.05, 0) is 52.3 Å². The molecule has 20 heavy (non-hydrogen) atoms. The largest absolute Gasteiger partial charge is 0.335 e. The molecule has 0 bridgehead atoms.